The van der Waals surface area contributed by atoms with E-state index >= 15 is 0 Å². The minimum atomic E-state index is 0.00458. The number of ether oxygens (including phenoxy) is 1. The number of hydrogen-bond donors (Lipinski definition) is 1. The fourth-order valence-corrected chi connectivity index (χ4v) is 2.01. The van der Waals surface area contributed by atoms with Crippen molar-refractivity contribution < 1.29 is 4.74 Å². The van der Waals surface area contributed by atoms with Gasteiger partial charge in [0, 0.05) is 20.3 Å². The van der Waals surface area contributed by atoms with E-state index < -0.39 is 0 Å². The summed E-state index contributed by atoms with van der Waals surface area (Å²) >= 11 is 0. The van der Waals surface area contributed by atoms with Crippen molar-refractivity contribution >= 4 is 0 Å². The van der Waals surface area contributed by atoms with Gasteiger partial charge in [0.15, 0.2) is 5.75 Å². The highest BCUT2D eigenvalue weighted by Gasteiger charge is 2.23. The smallest absolute Gasteiger partial charge is 0.161 e. The van der Waals surface area contributed by atoms with Crippen molar-refractivity contribution in [3.05, 3.63) is 29.8 Å². The van der Waals surface area contributed by atoms with Gasteiger partial charge in [-0.15, -0.1) is 0 Å². The number of rotatable bonds is 4. The summed E-state index contributed by atoms with van der Waals surface area (Å²) in [6, 6.07) is 1.98. The normalized spacial score (nSPS) is 12.7. The van der Waals surface area contributed by atoms with Crippen LogP contribution in [0.1, 0.15) is 17.4 Å². The molecule has 0 aliphatic carbocycles. The zero-order valence-electron chi connectivity index (χ0n) is 10.5. The third kappa shape index (κ3) is 1.91. The van der Waals surface area contributed by atoms with Gasteiger partial charge in [-0.25, -0.2) is 0 Å². The second kappa shape index (κ2) is 4.58. The lowest BCUT2D eigenvalue weighted by Gasteiger charge is -2.18. The Hall–Kier alpha value is -1.82. The van der Waals surface area contributed by atoms with E-state index in [0.717, 1.165) is 17.1 Å². The molecule has 0 radical (unpaired) electrons. The fourth-order valence-electron chi connectivity index (χ4n) is 2.01. The number of aryl methyl sites for hydroxylation is 2. The molecule has 17 heavy (non-hydrogen) atoms. The van der Waals surface area contributed by atoms with E-state index in [2.05, 4.69) is 15.5 Å². The van der Waals surface area contributed by atoms with Crippen LogP contribution in [-0.4, -0.2) is 33.7 Å². The van der Waals surface area contributed by atoms with Crippen molar-refractivity contribution in [3.8, 4) is 5.75 Å². The third-order valence-corrected chi connectivity index (χ3v) is 2.89. The van der Waals surface area contributed by atoms with Gasteiger partial charge in [0.1, 0.15) is 5.69 Å². The Morgan fingerprint density at radius 2 is 2.06 bits per heavy atom. The molecule has 1 atom stereocenters. The van der Waals surface area contributed by atoms with Crippen LogP contribution in [0.2, 0.25) is 0 Å². The Kier molecular flexibility index (Phi) is 3.14. The monoisotopic (exact) mass is 235 g/mol. The summed E-state index contributed by atoms with van der Waals surface area (Å²) < 4.78 is 8.99. The van der Waals surface area contributed by atoms with Crippen LogP contribution >= 0.6 is 0 Å². The van der Waals surface area contributed by atoms with Crippen LogP contribution in [0.15, 0.2) is 18.5 Å². The standard InChI is InChI=1S/C11H17N5O/c1-12-10(8-5-6-13-15(8)2)11-9(17-4)7-14-16(11)3/h5-7,10,12H,1-4H3. The number of aromatic nitrogens is 4. The lowest BCUT2D eigenvalue weighted by Crippen LogP contribution is -2.23. The molecule has 0 saturated heterocycles. The molecule has 1 unspecified atom stereocenters. The lowest BCUT2D eigenvalue weighted by atomic mass is 10.1. The van der Waals surface area contributed by atoms with Gasteiger partial charge in [-0.2, -0.15) is 10.2 Å². The van der Waals surface area contributed by atoms with Crippen LogP contribution in [0.25, 0.3) is 0 Å². The van der Waals surface area contributed by atoms with E-state index in [4.69, 9.17) is 4.74 Å². The third-order valence-electron chi connectivity index (χ3n) is 2.89. The van der Waals surface area contributed by atoms with Crippen molar-refractivity contribution in [2.75, 3.05) is 14.2 Å². The Labute approximate surface area is 100 Å². The molecule has 0 amide bonds. The van der Waals surface area contributed by atoms with Gasteiger partial charge < -0.3 is 10.1 Å². The van der Waals surface area contributed by atoms with Crippen LogP contribution in [0.3, 0.4) is 0 Å². The Balaban J connectivity index is 2.49. The van der Waals surface area contributed by atoms with Crippen LogP contribution in [0.5, 0.6) is 5.75 Å². The van der Waals surface area contributed by atoms with Crippen molar-refractivity contribution in [2.24, 2.45) is 14.1 Å². The molecule has 0 aliphatic heterocycles. The quantitative estimate of drug-likeness (QED) is 0.837. The summed E-state index contributed by atoms with van der Waals surface area (Å²) in [5.41, 5.74) is 2.05. The van der Waals surface area contributed by atoms with Gasteiger partial charge in [-0.05, 0) is 13.1 Å². The first kappa shape index (κ1) is 11.7. The van der Waals surface area contributed by atoms with Gasteiger partial charge in [-0.3, -0.25) is 9.36 Å². The molecule has 0 bridgehead atoms. The molecule has 0 fully saturated rings. The highest BCUT2D eigenvalue weighted by Crippen LogP contribution is 2.28. The van der Waals surface area contributed by atoms with Gasteiger partial charge >= 0.3 is 0 Å². The first-order valence-corrected chi connectivity index (χ1v) is 5.40. The van der Waals surface area contributed by atoms with Crippen molar-refractivity contribution in [2.45, 2.75) is 6.04 Å². The molecule has 0 aliphatic rings. The minimum Gasteiger partial charge on any atom is -0.493 e. The second-order valence-corrected chi connectivity index (χ2v) is 3.82. The average Bonchev–Trinajstić information content (AvgIpc) is 2.89. The second-order valence-electron chi connectivity index (χ2n) is 3.82. The topological polar surface area (TPSA) is 56.9 Å². The summed E-state index contributed by atoms with van der Waals surface area (Å²) in [5, 5.41) is 11.7. The maximum absolute atomic E-state index is 5.33. The van der Waals surface area contributed by atoms with Crippen LogP contribution in [-0.2, 0) is 14.1 Å². The van der Waals surface area contributed by atoms with Gasteiger partial charge in [-0.1, -0.05) is 0 Å². The molecule has 2 rings (SSSR count). The first-order chi connectivity index (χ1) is 8.19. The molecular weight excluding hydrogens is 218 g/mol. The molecule has 92 valence electrons. The number of nitrogens with zero attached hydrogens (tertiary/aromatic N) is 4. The summed E-state index contributed by atoms with van der Waals surface area (Å²) in [6.45, 7) is 0. The van der Waals surface area contributed by atoms with Crippen LogP contribution in [0, 0.1) is 0 Å². The summed E-state index contributed by atoms with van der Waals surface area (Å²) in [7, 11) is 7.38. The largest absolute Gasteiger partial charge is 0.493 e. The Morgan fingerprint density at radius 3 is 2.59 bits per heavy atom. The lowest BCUT2D eigenvalue weighted by molar-refractivity contribution is 0.401. The van der Waals surface area contributed by atoms with E-state index in [0.29, 0.717) is 0 Å². The van der Waals surface area contributed by atoms with Crippen LogP contribution in [0.4, 0.5) is 0 Å². The molecule has 2 aromatic heterocycles. The predicted octanol–water partition coefficient (Wildman–Crippen LogP) is 0.471. The molecule has 6 heteroatoms. The van der Waals surface area contributed by atoms with Crippen molar-refractivity contribution in [3.63, 3.8) is 0 Å². The molecule has 0 spiro atoms. The van der Waals surface area contributed by atoms with Crippen LogP contribution < -0.4 is 10.1 Å². The van der Waals surface area contributed by atoms with E-state index in [-0.39, 0.29) is 6.04 Å². The number of methoxy groups -OCH3 is 1. The first-order valence-electron chi connectivity index (χ1n) is 5.40. The summed E-state index contributed by atoms with van der Waals surface area (Å²) in [6.07, 6.45) is 3.50. The van der Waals surface area contributed by atoms with E-state index in [1.807, 2.05) is 36.6 Å². The molecular formula is C11H17N5O. The highest BCUT2D eigenvalue weighted by atomic mass is 16.5. The van der Waals surface area contributed by atoms with E-state index in [1.54, 1.807) is 19.5 Å². The summed E-state index contributed by atoms with van der Waals surface area (Å²) in [4.78, 5) is 0. The number of hydrogen-bond acceptors (Lipinski definition) is 4. The van der Waals surface area contributed by atoms with Crippen molar-refractivity contribution in [1.29, 1.82) is 0 Å². The maximum Gasteiger partial charge on any atom is 0.161 e. The molecule has 0 aromatic carbocycles. The van der Waals surface area contributed by atoms with Gasteiger partial charge in [0.05, 0.1) is 25.0 Å². The fraction of sp³-hybridized carbons (Fsp3) is 0.455. The Bertz CT molecular complexity index is 502. The Morgan fingerprint density at radius 1 is 1.29 bits per heavy atom. The van der Waals surface area contributed by atoms with Crippen molar-refractivity contribution in [1.82, 2.24) is 24.9 Å². The predicted molar refractivity (Wildman–Crippen MR) is 63.9 cm³/mol. The maximum atomic E-state index is 5.33. The SMILES string of the molecule is CNC(c1ccnn1C)c1c(OC)cnn1C. The summed E-state index contributed by atoms with van der Waals surface area (Å²) in [5.74, 6) is 0.771. The highest BCUT2D eigenvalue weighted by molar-refractivity contribution is 5.33. The number of nitrogens with one attached hydrogen (secondary N) is 1. The van der Waals surface area contributed by atoms with Gasteiger partial charge in [0.2, 0.25) is 0 Å². The zero-order chi connectivity index (χ0) is 12.4. The van der Waals surface area contributed by atoms with E-state index in [1.165, 1.54) is 0 Å². The minimum absolute atomic E-state index is 0.00458. The van der Waals surface area contributed by atoms with E-state index in [9.17, 15) is 0 Å². The molecule has 2 heterocycles. The molecule has 0 saturated carbocycles. The molecule has 1 N–H and O–H groups in total. The molecule has 2 aromatic rings. The molecule has 6 nitrogen and oxygen atoms in total. The zero-order valence-corrected chi connectivity index (χ0v) is 10.5. The average molecular weight is 235 g/mol. The van der Waals surface area contributed by atoms with Gasteiger partial charge in [0.25, 0.3) is 0 Å².